The van der Waals surface area contributed by atoms with Crippen molar-refractivity contribution in [2.24, 2.45) is 5.92 Å². The fraction of sp³-hybridized carbons (Fsp3) is 0.303. The van der Waals surface area contributed by atoms with Crippen LogP contribution in [0.3, 0.4) is 0 Å². The van der Waals surface area contributed by atoms with E-state index in [0.29, 0.717) is 47.8 Å². The highest BCUT2D eigenvalue weighted by atomic mass is 35.5. The maximum Gasteiger partial charge on any atom is 0.416 e. The summed E-state index contributed by atoms with van der Waals surface area (Å²) in [5.41, 5.74) is 1.04. The van der Waals surface area contributed by atoms with E-state index in [2.05, 4.69) is 16.0 Å². The molecule has 0 radical (unpaired) electrons. The van der Waals surface area contributed by atoms with Crippen LogP contribution < -0.4 is 16.0 Å². The molecular weight excluding hydrogens is 628 g/mol. The number of aryl methyl sites for hydroxylation is 1. The first kappa shape index (κ1) is 34.5. The molecule has 0 spiro atoms. The molecule has 1 heterocycles. The molecule has 244 valence electrons. The van der Waals surface area contributed by atoms with Crippen molar-refractivity contribution in [3.8, 4) is 0 Å². The summed E-state index contributed by atoms with van der Waals surface area (Å²) in [4.78, 5) is 38.4. The Kier molecular flexibility index (Phi) is 11.1. The van der Waals surface area contributed by atoms with Crippen molar-refractivity contribution in [3.05, 3.63) is 99.5 Å². The van der Waals surface area contributed by atoms with E-state index in [4.69, 9.17) is 16.3 Å². The fourth-order valence-corrected chi connectivity index (χ4v) is 4.93. The second-order valence-electron chi connectivity index (χ2n) is 10.9. The van der Waals surface area contributed by atoms with Gasteiger partial charge in [-0.2, -0.15) is 13.2 Å². The van der Waals surface area contributed by atoms with Crippen molar-refractivity contribution in [1.29, 1.82) is 0 Å². The largest absolute Gasteiger partial charge is 0.416 e. The zero-order valence-corrected chi connectivity index (χ0v) is 26.1. The van der Waals surface area contributed by atoms with Crippen LogP contribution in [0.5, 0.6) is 0 Å². The van der Waals surface area contributed by atoms with Crippen LogP contribution in [-0.4, -0.2) is 36.0 Å². The number of benzene rings is 3. The lowest BCUT2D eigenvalue weighted by atomic mass is 10.1. The van der Waals surface area contributed by atoms with Crippen molar-refractivity contribution in [3.63, 3.8) is 0 Å². The van der Waals surface area contributed by atoms with Crippen LogP contribution in [0.4, 0.5) is 23.2 Å². The lowest BCUT2D eigenvalue weighted by Crippen LogP contribution is -2.27. The van der Waals surface area contributed by atoms with Gasteiger partial charge in [-0.25, -0.2) is 4.39 Å². The molecule has 8 nitrogen and oxygen atoms in total. The molecule has 3 N–H and O–H groups in total. The third-order valence-corrected chi connectivity index (χ3v) is 7.54. The average Bonchev–Trinajstić information content (AvgIpc) is 3.36. The summed E-state index contributed by atoms with van der Waals surface area (Å²) in [7, 11) is 1.55. The number of ether oxygens (including phenoxy) is 1. The Morgan fingerprint density at radius 2 is 1.70 bits per heavy atom. The van der Waals surface area contributed by atoms with Gasteiger partial charge in [-0.05, 0) is 60.5 Å². The van der Waals surface area contributed by atoms with Gasteiger partial charge in [0.15, 0.2) is 0 Å². The Labute approximate surface area is 268 Å². The Hall–Kier alpha value is -4.42. The Morgan fingerprint density at radius 1 is 0.935 bits per heavy atom. The van der Waals surface area contributed by atoms with Crippen LogP contribution in [0.2, 0.25) is 5.02 Å². The summed E-state index contributed by atoms with van der Waals surface area (Å²) in [6.07, 6.45) is -4.12. The number of amides is 3. The highest BCUT2D eigenvalue weighted by molar-refractivity contribution is 6.34. The molecule has 4 aromatic rings. The van der Waals surface area contributed by atoms with Gasteiger partial charge in [0.05, 0.1) is 16.1 Å². The number of halogens is 5. The molecule has 0 atom stereocenters. The third-order valence-electron chi connectivity index (χ3n) is 7.21. The van der Waals surface area contributed by atoms with Crippen molar-refractivity contribution in [2.45, 2.75) is 46.1 Å². The SMILES string of the molecule is COCCCn1c(C(=O)NCc2ccc(C(F)(F)F)cc2F)cc2cc(NC(=O)c3cc(CNC(=O)C(C)C)ccc3Cl)ccc21. The van der Waals surface area contributed by atoms with Crippen LogP contribution in [0.25, 0.3) is 10.9 Å². The van der Waals surface area contributed by atoms with Crippen LogP contribution >= 0.6 is 11.6 Å². The van der Waals surface area contributed by atoms with E-state index < -0.39 is 29.4 Å². The fourth-order valence-electron chi connectivity index (χ4n) is 4.73. The number of carbonyl (C=O) groups excluding carboxylic acids is 3. The van der Waals surface area contributed by atoms with Gasteiger partial charge in [-0.3, -0.25) is 14.4 Å². The van der Waals surface area contributed by atoms with E-state index in [1.807, 2.05) is 0 Å². The Morgan fingerprint density at radius 3 is 2.37 bits per heavy atom. The second kappa shape index (κ2) is 14.8. The molecule has 0 saturated carbocycles. The molecule has 0 aliphatic rings. The highest BCUT2D eigenvalue weighted by Crippen LogP contribution is 2.30. The van der Waals surface area contributed by atoms with E-state index in [9.17, 15) is 31.9 Å². The van der Waals surface area contributed by atoms with E-state index in [1.165, 1.54) is 0 Å². The van der Waals surface area contributed by atoms with Crippen LogP contribution in [0, 0.1) is 11.7 Å². The first-order chi connectivity index (χ1) is 21.8. The van der Waals surface area contributed by atoms with Gasteiger partial charge in [-0.1, -0.05) is 37.6 Å². The summed E-state index contributed by atoms with van der Waals surface area (Å²) in [5.74, 6) is -2.43. The number of nitrogens with zero attached hydrogens (tertiary/aromatic N) is 1. The Bertz CT molecular complexity index is 1750. The number of anilines is 1. The van der Waals surface area contributed by atoms with Gasteiger partial charge in [0.2, 0.25) is 5.91 Å². The van der Waals surface area contributed by atoms with Crippen LogP contribution in [0.1, 0.15) is 57.8 Å². The first-order valence-electron chi connectivity index (χ1n) is 14.4. The molecule has 0 bridgehead atoms. The minimum atomic E-state index is -4.69. The number of aromatic nitrogens is 1. The van der Waals surface area contributed by atoms with E-state index >= 15 is 0 Å². The summed E-state index contributed by atoms with van der Waals surface area (Å²) in [6.45, 7) is 4.28. The van der Waals surface area contributed by atoms with E-state index in [0.717, 1.165) is 12.1 Å². The standard InChI is InChI=1S/C33H33ClF4N4O4/c1-19(2)30(43)39-17-20-5-9-26(34)25(13-20)31(44)41-24-8-10-28-22(14-24)15-29(42(28)11-4-12-46-3)32(45)40-18-21-6-7-23(16-27(21)35)33(36,37)38/h5-10,13-16,19H,4,11-12,17-18H2,1-3H3,(H,39,43)(H,40,45)(H,41,44). The Balaban J connectivity index is 1.54. The third kappa shape index (κ3) is 8.43. The van der Waals surface area contributed by atoms with Crippen molar-refractivity contribution in [1.82, 2.24) is 15.2 Å². The van der Waals surface area contributed by atoms with Crippen molar-refractivity contribution < 1.29 is 36.7 Å². The highest BCUT2D eigenvalue weighted by Gasteiger charge is 2.31. The van der Waals surface area contributed by atoms with Gasteiger partial charge >= 0.3 is 6.18 Å². The molecular formula is C33H33ClF4N4O4. The number of nitrogens with one attached hydrogen (secondary N) is 3. The van der Waals surface area contributed by atoms with Gasteiger partial charge in [0.25, 0.3) is 11.8 Å². The molecule has 0 saturated heterocycles. The summed E-state index contributed by atoms with van der Waals surface area (Å²) < 4.78 is 60.0. The zero-order chi connectivity index (χ0) is 33.6. The van der Waals surface area contributed by atoms with E-state index in [1.54, 1.807) is 68.0 Å². The molecule has 0 unspecified atom stereocenters. The average molecular weight is 661 g/mol. The van der Waals surface area contributed by atoms with Gasteiger partial charge in [0, 0.05) is 61.4 Å². The minimum absolute atomic E-state index is 0.0987. The number of rotatable bonds is 12. The molecule has 3 aromatic carbocycles. The smallest absolute Gasteiger partial charge is 0.385 e. The number of carbonyl (C=O) groups is 3. The summed E-state index contributed by atoms with van der Waals surface area (Å²) in [5, 5.41) is 9.05. The van der Waals surface area contributed by atoms with Crippen LogP contribution in [0.15, 0.2) is 60.7 Å². The monoisotopic (exact) mass is 660 g/mol. The lowest BCUT2D eigenvalue weighted by molar-refractivity contribution is -0.137. The summed E-state index contributed by atoms with van der Waals surface area (Å²) >= 11 is 6.32. The molecule has 1 aromatic heterocycles. The maximum atomic E-state index is 14.4. The normalized spacial score (nSPS) is 11.6. The number of hydrogen-bond donors (Lipinski definition) is 3. The predicted octanol–water partition coefficient (Wildman–Crippen LogP) is 6.94. The van der Waals surface area contributed by atoms with Crippen molar-refractivity contribution >= 4 is 45.9 Å². The summed E-state index contributed by atoms with van der Waals surface area (Å²) in [6, 6.07) is 13.8. The quantitative estimate of drug-likeness (QED) is 0.113. The topological polar surface area (TPSA) is 101 Å². The molecule has 0 aliphatic carbocycles. The molecule has 3 amide bonds. The predicted molar refractivity (Wildman–Crippen MR) is 167 cm³/mol. The van der Waals surface area contributed by atoms with Gasteiger partial charge < -0.3 is 25.3 Å². The maximum absolute atomic E-state index is 14.4. The van der Waals surface area contributed by atoms with Crippen LogP contribution in [-0.2, 0) is 35.3 Å². The number of alkyl halides is 3. The lowest BCUT2D eigenvalue weighted by Gasteiger charge is -2.13. The van der Waals surface area contributed by atoms with Gasteiger partial charge in [-0.15, -0.1) is 0 Å². The molecule has 0 aliphatic heterocycles. The zero-order valence-electron chi connectivity index (χ0n) is 25.4. The molecule has 4 rings (SSSR count). The number of methoxy groups -OCH3 is 1. The van der Waals surface area contributed by atoms with Crippen molar-refractivity contribution in [2.75, 3.05) is 19.0 Å². The molecule has 0 fully saturated rings. The van der Waals surface area contributed by atoms with E-state index in [-0.39, 0.29) is 46.8 Å². The van der Waals surface area contributed by atoms with Gasteiger partial charge in [0.1, 0.15) is 11.5 Å². The molecule has 46 heavy (non-hydrogen) atoms. The second-order valence-corrected chi connectivity index (χ2v) is 11.3. The number of hydrogen-bond acceptors (Lipinski definition) is 4. The number of fused-ring (bicyclic) bond motifs is 1. The minimum Gasteiger partial charge on any atom is -0.385 e. The first-order valence-corrected chi connectivity index (χ1v) is 14.8. The molecule has 13 heteroatoms.